The maximum atomic E-state index is 6.67. The Morgan fingerprint density at radius 1 is 0.386 bits per heavy atom. The van der Waals surface area contributed by atoms with Gasteiger partial charge in [-0.15, -0.1) is 0 Å². The molecule has 0 radical (unpaired) electrons. The molecule has 0 aliphatic carbocycles. The van der Waals surface area contributed by atoms with Gasteiger partial charge in [0.25, 0.3) is 0 Å². The summed E-state index contributed by atoms with van der Waals surface area (Å²) in [4.78, 5) is 10.4. The first-order chi connectivity index (χ1) is 28.2. The van der Waals surface area contributed by atoms with E-state index in [1.54, 1.807) is 0 Å². The van der Waals surface area contributed by atoms with Crippen molar-refractivity contribution >= 4 is 65.8 Å². The minimum absolute atomic E-state index is 0.653. The molecule has 12 rings (SSSR count). The Balaban J connectivity index is 1.01. The lowest BCUT2D eigenvalue weighted by atomic mass is 9.97. The van der Waals surface area contributed by atoms with Gasteiger partial charge in [-0.1, -0.05) is 133 Å². The smallest absolute Gasteiger partial charge is 0.180 e. The highest BCUT2D eigenvalue weighted by molar-refractivity contribution is 6.13. The fourth-order valence-electron chi connectivity index (χ4n) is 8.57. The van der Waals surface area contributed by atoms with Crippen LogP contribution in [0.2, 0.25) is 0 Å². The Morgan fingerprint density at radius 3 is 1.86 bits per heavy atom. The Labute approximate surface area is 326 Å². The lowest BCUT2D eigenvalue weighted by Gasteiger charge is -2.08. The summed E-state index contributed by atoms with van der Waals surface area (Å²) in [6.07, 6.45) is 0. The molecular weight excluding hydrogens is 699 g/mol. The molecule has 0 amide bonds. The van der Waals surface area contributed by atoms with Gasteiger partial charge in [0.15, 0.2) is 11.4 Å². The number of fused-ring (bicyclic) bond motifs is 9. The van der Waals surface area contributed by atoms with Crippen molar-refractivity contribution in [1.29, 1.82) is 0 Å². The predicted molar refractivity (Wildman–Crippen MR) is 233 cm³/mol. The standard InChI is InChI=1S/C52H31N3O2/c1-3-12-34(13-4-1)52-53-49(33-24-22-32(23-25-33)38-18-11-21-47-48(38)40-17-8-10-20-45(40)56-47)51-50(54-52)42-31-36(27-29-46(42)57-51)35-26-28-44-41(30-35)39-16-7-9-19-43(39)55(44)37-14-5-2-6-15-37/h1-31H. The van der Waals surface area contributed by atoms with E-state index in [0.29, 0.717) is 11.4 Å². The van der Waals surface area contributed by atoms with Crippen molar-refractivity contribution < 1.29 is 8.83 Å². The number of hydrogen-bond donors (Lipinski definition) is 0. The van der Waals surface area contributed by atoms with Crippen LogP contribution in [0.1, 0.15) is 0 Å². The lowest BCUT2D eigenvalue weighted by molar-refractivity contribution is 0.667. The van der Waals surface area contributed by atoms with E-state index < -0.39 is 0 Å². The van der Waals surface area contributed by atoms with Crippen LogP contribution in [0.25, 0.3) is 116 Å². The van der Waals surface area contributed by atoms with E-state index in [2.05, 4.69) is 156 Å². The number of furan rings is 2. The second kappa shape index (κ2) is 12.4. The van der Waals surface area contributed by atoms with Crippen molar-refractivity contribution in [2.45, 2.75) is 0 Å². The monoisotopic (exact) mass is 729 g/mol. The third-order valence-electron chi connectivity index (χ3n) is 11.2. The minimum Gasteiger partial charge on any atom is -0.456 e. The predicted octanol–water partition coefficient (Wildman–Crippen LogP) is 14.0. The molecule has 0 saturated heterocycles. The van der Waals surface area contributed by atoms with E-state index in [9.17, 15) is 0 Å². The number of nitrogens with zero attached hydrogens (tertiary/aromatic N) is 3. The van der Waals surface area contributed by atoms with Crippen molar-refractivity contribution in [2.75, 3.05) is 0 Å². The Bertz CT molecular complexity index is 3500. The van der Waals surface area contributed by atoms with Gasteiger partial charge in [-0.3, -0.25) is 0 Å². The fourth-order valence-corrected chi connectivity index (χ4v) is 8.57. The highest BCUT2D eigenvalue weighted by atomic mass is 16.3. The molecule has 0 unspecified atom stereocenters. The number of benzene rings is 8. The number of rotatable bonds is 5. The summed E-state index contributed by atoms with van der Waals surface area (Å²) in [5, 5.41) is 5.60. The van der Waals surface area contributed by atoms with Crippen LogP contribution in [0.15, 0.2) is 197 Å². The van der Waals surface area contributed by atoms with E-state index in [1.807, 2.05) is 36.4 Å². The molecule has 57 heavy (non-hydrogen) atoms. The van der Waals surface area contributed by atoms with E-state index in [0.717, 1.165) is 83.2 Å². The summed E-state index contributed by atoms with van der Waals surface area (Å²) >= 11 is 0. The third-order valence-corrected chi connectivity index (χ3v) is 11.2. The zero-order valence-electron chi connectivity index (χ0n) is 30.6. The van der Waals surface area contributed by atoms with Crippen LogP contribution in [0.4, 0.5) is 0 Å². The molecule has 0 atom stereocenters. The van der Waals surface area contributed by atoms with Gasteiger partial charge in [0.1, 0.15) is 28.0 Å². The Morgan fingerprint density at radius 2 is 1.02 bits per heavy atom. The number of aromatic nitrogens is 3. The van der Waals surface area contributed by atoms with Crippen LogP contribution in [0.3, 0.4) is 0 Å². The summed E-state index contributed by atoms with van der Waals surface area (Å²) in [5.41, 5.74) is 14.6. The largest absolute Gasteiger partial charge is 0.456 e. The summed E-state index contributed by atoms with van der Waals surface area (Å²) in [6.45, 7) is 0. The first-order valence-electron chi connectivity index (χ1n) is 19.1. The molecule has 5 nitrogen and oxygen atoms in total. The van der Waals surface area contributed by atoms with Gasteiger partial charge in [0.05, 0.1) is 11.0 Å². The first kappa shape index (κ1) is 31.6. The van der Waals surface area contributed by atoms with Crippen molar-refractivity contribution in [3.8, 4) is 50.6 Å². The van der Waals surface area contributed by atoms with Gasteiger partial charge >= 0.3 is 0 Å². The van der Waals surface area contributed by atoms with E-state index >= 15 is 0 Å². The van der Waals surface area contributed by atoms with Gasteiger partial charge in [-0.25, -0.2) is 9.97 Å². The van der Waals surface area contributed by atoms with Crippen LogP contribution < -0.4 is 0 Å². The molecule has 8 aromatic carbocycles. The van der Waals surface area contributed by atoms with Gasteiger partial charge < -0.3 is 13.4 Å². The summed E-state index contributed by atoms with van der Waals surface area (Å²) < 4.78 is 15.2. The quantitative estimate of drug-likeness (QED) is 0.177. The second-order valence-corrected chi connectivity index (χ2v) is 14.5. The molecule has 0 saturated carbocycles. The minimum atomic E-state index is 0.653. The zero-order chi connectivity index (χ0) is 37.5. The molecule has 4 heterocycles. The van der Waals surface area contributed by atoms with E-state index in [-0.39, 0.29) is 0 Å². The lowest BCUT2D eigenvalue weighted by Crippen LogP contribution is -1.94. The summed E-state index contributed by atoms with van der Waals surface area (Å²) in [5.74, 6) is 0.653. The number of para-hydroxylation sites is 3. The molecule has 0 aliphatic rings. The fraction of sp³-hybridized carbons (Fsp3) is 0. The highest BCUT2D eigenvalue weighted by Crippen LogP contribution is 2.41. The van der Waals surface area contributed by atoms with Crippen molar-refractivity contribution in [3.05, 3.63) is 188 Å². The Kier molecular flexibility index (Phi) is 6.86. The topological polar surface area (TPSA) is 57.0 Å². The first-order valence-corrected chi connectivity index (χ1v) is 19.1. The average Bonchev–Trinajstić information content (AvgIpc) is 3.96. The van der Waals surface area contributed by atoms with E-state index in [4.69, 9.17) is 18.8 Å². The molecule has 12 aromatic rings. The summed E-state index contributed by atoms with van der Waals surface area (Å²) in [6, 6.07) is 65.6. The molecule has 0 N–H and O–H groups in total. The molecule has 0 spiro atoms. The summed E-state index contributed by atoms with van der Waals surface area (Å²) in [7, 11) is 0. The van der Waals surface area contributed by atoms with Gasteiger partial charge in [-0.2, -0.15) is 0 Å². The second-order valence-electron chi connectivity index (χ2n) is 14.5. The molecule has 0 bridgehead atoms. The average molecular weight is 730 g/mol. The van der Waals surface area contributed by atoms with Crippen LogP contribution in [-0.4, -0.2) is 14.5 Å². The van der Waals surface area contributed by atoms with Gasteiger partial charge in [-0.05, 0) is 76.9 Å². The maximum absolute atomic E-state index is 6.67. The van der Waals surface area contributed by atoms with Crippen LogP contribution in [0, 0.1) is 0 Å². The van der Waals surface area contributed by atoms with Gasteiger partial charge in [0, 0.05) is 43.7 Å². The van der Waals surface area contributed by atoms with Gasteiger partial charge in [0.2, 0.25) is 0 Å². The van der Waals surface area contributed by atoms with Crippen LogP contribution in [0.5, 0.6) is 0 Å². The third kappa shape index (κ3) is 4.96. The molecule has 0 aliphatic heterocycles. The van der Waals surface area contributed by atoms with Crippen molar-refractivity contribution in [1.82, 2.24) is 14.5 Å². The molecule has 266 valence electrons. The van der Waals surface area contributed by atoms with Crippen LogP contribution in [-0.2, 0) is 0 Å². The Hall–Kier alpha value is -7.76. The maximum Gasteiger partial charge on any atom is 0.180 e. The molecule has 4 aromatic heterocycles. The molecule has 0 fully saturated rings. The normalized spacial score (nSPS) is 11.9. The van der Waals surface area contributed by atoms with Crippen LogP contribution >= 0.6 is 0 Å². The van der Waals surface area contributed by atoms with E-state index in [1.165, 1.54) is 21.8 Å². The van der Waals surface area contributed by atoms with Crippen molar-refractivity contribution in [2.24, 2.45) is 0 Å². The highest BCUT2D eigenvalue weighted by Gasteiger charge is 2.20. The molecular formula is C52H31N3O2. The molecule has 5 heteroatoms. The SMILES string of the molecule is c1ccc(-c2nc(-c3ccc(-c4cccc5oc6ccccc6c45)cc3)c3oc4ccc(-c5ccc6c(c5)c5ccccc5n6-c5ccccc5)cc4c3n2)cc1. The number of hydrogen-bond acceptors (Lipinski definition) is 4. The van der Waals surface area contributed by atoms with Crippen molar-refractivity contribution in [3.63, 3.8) is 0 Å². The zero-order valence-corrected chi connectivity index (χ0v) is 30.6.